The van der Waals surface area contributed by atoms with E-state index in [1.165, 1.54) is 0 Å². The summed E-state index contributed by atoms with van der Waals surface area (Å²) in [6.45, 7) is 4.75. The Labute approximate surface area is 111 Å². The summed E-state index contributed by atoms with van der Waals surface area (Å²) in [5.41, 5.74) is 7.94. The van der Waals surface area contributed by atoms with Crippen molar-refractivity contribution in [3.8, 4) is 0 Å². The van der Waals surface area contributed by atoms with Crippen molar-refractivity contribution in [2.45, 2.75) is 26.4 Å². The van der Waals surface area contributed by atoms with Crippen molar-refractivity contribution in [2.75, 3.05) is 11.9 Å². The van der Waals surface area contributed by atoms with E-state index in [4.69, 9.17) is 5.73 Å². The molecule has 5 heteroatoms. The van der Waals surface area contributed by atoms with Crippen LogP contribution in [0.3, 0.4) is 0 Å². The van der Waals surface area contributed by atoms with Crippen LogP contribution in [0, 0.1) is 6.92 Å². The molecule has 1 atom stereocenters. The maximum Gasteiger partial charge on any atom is 0.128 e. The molecule has 0 amide bonds. The Morgan fingerprint density at radius 3 is 2.72 bits per heavy atom. The summed E-state index contributed by atoms with van der Waals surface area (Å²) < 4.78 is 0. The van der Waals surface area contributed by atoms with E-state index < -0.39 is 0 Å². The molecular formula is C13H18N4S. The number of hydrogen-bond acceptors (Lipinski definition) is 5. The van der Waals surface area contributed by atoms with Gasteiger partial charge in [0.05, 0.1) is 17.2 Å². The number of pyridine rings is 1. The molecule has 2 aromatic heterocycles. The van der Waals surface area contributed by atoms with E-state index in [2.05, 4.69) is 20.2 Å². The van der Waals surface area contributed by atoms with Gasteiger partial charge in [0, 0.05) is 24.7 Å². The average Bonchev–Trinajstić information content (AvgIpc) is 2.75. The minimum absolute atomic E-state index is 0.0260. The predicted molar refractivity (Wildman–Crippen MR) is 75.8 cm³/mol. The van der Waals surface area contributed by atoms with Gasteiger partial charge in [0.2, 0.25) is 0 Å². The van der Waals surface area contributed by atoms with E-state index in [1.807, 2.05) is 39.2 Å². The third kappa shape index (κ3) is 3.05. The number of hydrogen-bond donors (Lipinski definition) is 1. The van der Waals surface area contributed by atoms with Crippen LogP contribution in [0.15, 0.2) is 23.7 Å². The lowest BCUT2D eigenvalue weighted by Crippen LogP contribution is -2.18. The second kappa shape index (κ2) is 5.46. The summed E-state index contributed by atoms with van der Waals surface area (Å²) in [4.78, 5) is 11.0. The van der Waals surface area contributed by atoms with E-state index in [9.17, 15) is 0 Å². The first kappa shape index (κ1) is 13.0. The zero-order chi connectivity index (χ0) is 13.1. The molecule has 2 heterocycles. The topological polar surface area (TPSA) is 55.0 Å². The number of thiazole rings is 1. The van der Waals surface area contributed by atoms with E-state index in [-0.39, 0.29) is 6.04 Å². The van der Waals surface area contributed by atoms with Gasteiger partial charge in [-0.3, -0.25) is 0 Å². The summed E-state index contributed by atoms with van der Waals surface area (Å²) in [6, 6.07) is 4.05. The molecule has 96 valence electrons. The van der Waals surface area contributed by atoms with E-state index in [1.54, 1.807) is 11.3 Å². The molecule has 2 rings (SSSR count). The van der Waals surface area contributed by atoms with Crippen LogP contribution in [0.25, 0.3) is 0 Å². The van der Waals surface area contributed by atoms with Crippen LogP contribution in [0.1, 0.15) is 29.2 Å². The highest BCUT2D eigenvalue weighted by molar-refractivity contribution is 7.09. The minimum atomic E-state index is 0.0260. The Morgan fingerprint density at radius 1 is 1.44 bits per heavy atom. The number of aryl methyl sites for hydroxylation is 1. The smallest absolute Gasteiger partial charge is 0.128 e. The molecule has 2 N–H and O–H groups in total. The highest BCUT2D eigenvalue weighted by Crippen LogP contribution is 2.16. The van der Waals surface area contributed by atoms with Crippen molar-refractivity contribution in [2.24, 2.45) is 5.73 Å². The van der Waals surface area contributed by atoms with Gasteiger partial charge in [-0.05, 0) is 25.5 Å². The number of aromatic nitrogens is 2. The molecule has 0 aliphatic carbocycles. The second-order valence-corrected chi connectivity index (χ2v) is 5.51. The van der Waals surface area contributed by atoms with Crippen molar-refractivity contribution in [3.05, 3.63) is 40.0 Å². The van der Waals surface area contributed by atoms with Crippen LogP contribution < -0.4 is 10.6 Å². The second-order valence-electron chi connectivity index (χ2n) is 4.45. The average molecular weight is 262 g/mol. The summed E-state index contributed by atoms with van der Waals surface area (Å²) in [5.74, 6) is 0.935. The lowest BCUT2D eigenvalue weighted by molar-refractivity contribution is 0.805. The van der Waals surface area contributed by atoms with Crippen LogP contribution in [0.4, 0.5) is 5.82 Å². The zero-order valence-electron chi connectivity index (χ0n) is 10.9. The standard InChI is InChI=1S/C13H18N4S/c1-9(14)11-4-5-13(15-6-11)17(3)7-12-8-18-10(2)16-12/h4-6,8-9H,7,14H2,1-3H3. The van der Waals surface area contributed by atoms with Crippen molar-refractivity contribution < 1.29 is 0 Å². The van der Waals surface area contributed by atoms with Gasteiger partial charge in [0.15, 0.2) is 0 Å². The SMILES string of the molecule is Cc1nc(CN(C)c2ccc(C(C)N)cn2)cs1. The van der Waals surface area contributed by atoms with Crippen molar-refractivity contribution in [1.82, 2.24) is 9.97 Å². The third-order valence-corrected chi connectivity index (χ3v) is 3.58. The van der Waals surface area contributed by atoms with Gasteiger partial charge in [-0.1, -0.05) is 6.07 Å². The third-order valence-electron chi connectivity index (χ3n) is 2.75. The lowest BCUT2D eigenvalue weighted by Gasteiger charge is -2.17. The van der Waals surface area contributed by atoms with Crippen LogP contribution >= 0.6 is 11.3 Å². The van der Waals surface area contributed by atoms with Crippen LogP contribution in [-0.4, -0.2) is 17.0 Å². The number of anilines is 1. The number of rotatable bonds is 4. The summed E-state index contributed by atoms with van der Waals surface area (Å²) in [5, 5.41) is 3.18. The Bertz CT molecular complexity index is 504. The van der Waals surface area contributed by atoms with Gasteiger partial charge in [-0.2, -0.15) is 0 Å². The van der Waals surface area contributed by atoms with E-state index in [0.717, 1.165) is 28.6 Å². The lowest BCUT2D eigenvalue weighted by atomic mass is 10.1. The summed E-state index contributed by atoms with van der Waals surface area (Å²) in [6.07, 6.45) is 1.84. The van der Waals surface area contributed by atoms with E-state index in [0.29, 0.717) is 0 Å². The highest BCUT2D eigenvalue weighted by atomic mass is 32.1. The first-order valence-corrected chi connectivity index (χ1v) is 6.78. The van der Waals surface area contributed by atoms with Crippen LogP contribution in [-0.2, 0) is 6.54 Å². The van der Waals surface area contributed by atoms with Gasteiger partial charge in [0.25, 0.3) is 0 Å². The fourth-order valence-corrected chi connectivity index (χ4v) is 2.30. The molecule has 1 unspecified atom stereocenters. The van der Waals surface area contributed by atoms with Gasteiger partial charge < -0.3 is 10.6 Å². The van der Waals surface area contributed by atoms with Gasteiger partial charge in [0.1, 0.15) is 5.82 Å². The Balaban J connectivity index is 2.06. The molecule has 0 fully saturated rings. The zero-order valence-corrected chi connectivity index (χ0v) is 11.7. The molecule has 0 saturated heterocycles. The Hall–Kier alpha value is -1.46. The number of nitrogens with two attached hydrogens (primary N) is 1. The largest absolute Gasteiger partial charge is 0.354 e. The fraction of sp³-hybridized carbons (Fsp3) is 0.385. The highest BCUT2D eigenvalue weighted by Gasteiger charge is 2.07. The molecule has 0 bridgehead atoms. The minimum Gasteiger partial charge on any atom is -0.354 e. The monoisotopic (exact) mass is 262 g/mol. The Kier molecular flexibility index (Phi) is 3.93. The molecule has 0 aromatic carbocycles. The quantitative estimate of drug-likeness (QED) is 0.920. The van der Waals surface area contributed by atoms with Crippen LogP contribution in [0.5, 0.6) is 0 Å². The van der Waals surface area contributed by atoms with Gasteiger partial charge in [-0.25, -0.2) is 9.97 Å². The molecule has 2 aromatic rings. The normalized spacial score (nSPS) is 12.4. The number of nitrogens with zero attached hydrogens (tertiary/aromatic N) is 3. The van der Waals surface area contributed by atoms with Gasteiger partial charge in [-0.15, -0.1) is 11.3 Å². The first-order valence-electron chi connectivity index (χ1n) is 5.90. The molecule has 0 saturated carbocycles. The van der Waals surface area contributed by atoms with Crippen molar-refractivity contribution in [3.63, 3.8) is 0 Å². The van der Waals surface area contributed by atoms with Crippen molar-refractivity contribution in [1.29, 1.82) is 0 Å². The molecular weight excluding hydrogens is 244 g/mol. The summed E-state index contributed by atoms with van der Waals surface area (Å²) >= 11 is 1.67. The molecule has 18 heavy (non-hydrogen) atoms. The molecule has 0 aliphatic rings. The van der Waals surface area contributed by atoms with Gasteiger partial charge >= 0.3 is 0 Å². The van der Waals surface area contributed by atoms with E-state index >= 15 is 0 Å². The molecule has 0 aliphatic heterocycles. The molecule has 0 radical (unpaired) electrons. The Morgan fingerprint density at radius 2 is 2.22 bits per heavy atom. The van der Waals surface area contributed by atoms with Crippen LogP contribution in [0.2, 0.25) is 0 Å². The fourth-order valence-electron chi connectivity index (χ4n) is 1.70. The molecule has 4 nitrogen and oxygen atoms in total. The molecule has 0 spiro atoms. The first-order chi connectivity index (χ1) is 8.56. The maximum atomic E-state index is 5.80. The maximum absolute atomic E-state index is 5.80. The summed E-state index contributed by atoms with van der Waals surface area (Å²) in [7, 11) is 2.02. The van der Waals surface area contributed by atoms with Crippen molar-refractivity contribution >= 4 is 17.2 Å². The predicted octanol–water partition coefficient (Wildman–Crippen LogP) is 2.50.